The fourth-order valence-electron chi connectivity index (χ4n) is 2.78. The number of para-hydroxylation sites is 1. The molecule has 0 atom stereocenters. The molecular formula is C18H16N4O. The lowest BCUT2D eigenvalue weighted by Gasteiger charge is -2.11. The Morgan fingerprint density at radius 1 is 1.09 bits per heavy atom. The van der Waals surface area contributed by atoms with Gasteiger partial charge in [-0.1, -0.05) is 18.2 Å². The van der Waals surface area contributed by atoms with Crippen LogP contribution in [0.25, 0.3) is 11.3 Å². The topological polar surface area (TPSA) is 69.8 Å². The predicted molar refractivity (Wildman–Crippen MR) is 89.8 cm³/mol. The van der Waals surface area contributed by atoms with Crippen LogP contribution in [0.5, 0.6) is 0 Å². The van der Waals surface area contributed by atoms with Crippen molar-refractivity contribution in [1.29, 1.82) is 0 Å². The predicted octanol–water partition coefficient (Wildman–Crippen LogP) is 3.11. The van der Waals surface area contributed by atoms with Crippen LogP contribution in [-0.2, 0) is 6.42 Å². The quantitative estimate of drug-likeness (QED) is 0.696. The highest BCUT2D eigenvalue weighted by molar-refractivity contribution is 5.97. The lowest BCUT2D eigenvalue weighted by Crippen LogP contribution is -2.31. The lowest BCUT2D eigenvalue weighted by atomic mass is 10.1. The minimum atomic E-state index is -0.00885. The molecule has 0 spiro atoms. The summed E-state index contributed by atoms with van der Waals surface area (Å²) in [6.45, 7) is 0.683. The maximum absolute atomic E-state index is 11.9. The number of nitrogens with zero attached hydrogens (tertiary/aromatic N) is 1. The van der Waals surface area contributed by atoms with Crippen molar-refractivity contribution in [2.75, 3.05) is 11.9 Å². The number of fused-ring (bicyclic) bond motifs is 1. The molecule has 1 aliphatic heterocycles. The first-order chi connectivity index (χ1) is 11.3. The average Bonchev–Trinajstić information content (AvgIpc) is 3.02. The number of nitrogens with one attached hydrogen (secondary N) is 3. The lowest BCUT2D eigenvalue weighted by molar-refractivity contribution is 0.0946. The summed E-state index contributed by atoms with van der Waals surface area (Å²) in [4.78, 5) is 19.6. The largest absolute Gasteiger partial charge is 0.358 e. The molecule has 0 aliphatic carbocycles. The number of hydrogen-bond acceptors (Lipinski definition) is 3. The number of anilines is 2. The van der Waals surface area contributed by atoms with Gasteiger partial charge in [0.15, 0.2) is 0 Å². The highest BCUT2D eigenvalue weighted by Crippen LogP contribution is 2.26. The van der Waals surface area contributed by atoms with E-state index < -0.39 is 0 Å². The van der Waals surface area contributed by atoms with Crippen molar-refractivity contribution in [3.8, 4) is 11.3 Å². The summed E-state index contributed by atoms with van der Waals surface area (Å²) in [7, 11) is 0. The molecule has 4 rings (SSSR count). The molecule has 114 valence electrons. The highest BCUT2D eigenvalue weighted by Gasteiger charge is 2.19. The van der Waals surface area contributed by atoms with Gasteiger partial charge in [0, 0.05) is 41.8 Å². The Labute approximate surface area is 133 Å². The van der Waals surface area contributed by atoms with Gasteiger partial charge < -0.3 is 15.6 Å². The summed E-state index contributed by atoms with van der Waals surface area (Å²) in [5.74, 6) is 0.760. The smallest absolute Gasteiger partial charge is 0.253 e. The molecule has 0 bridgehead atoms. The number of carbonyl (C=O) groups excluding carboxylic acids is 1. The van der Waals surface area contributed by atoms with E-state index in [1.165, 1.54) is 0 Å². The second kappa shape index (κ2) is 5.61. The monoisotopic (exact) mass is 304 g/mol. The third kappa shape index (κ3) is 2.68. The van der Waals surface area contributed by atoms with Crippen LogP contribution in [0.15, 0.2) is 54.7 Å². The minimum absolute atomic E-state index is 0.00885. The van der Waals surface area contributed by atoms with Gasteiger partial charge in [-0.2, -0.15) is 0 Å². The molecule has 0 saturated carbocycles. The molecule has 0 saturated heterocycles. The maximum atomic E-state index is 11.9. The van der Waals surface area contributed by atoms with E-state index in [0.29, 0.717) is 6.54 Å². The van der Waals surface area contributed by atoms with Crippen molar-refractivity contribution in [2.24, 2.45) is 0 Å². The first kappa shape index (κ1) is 13.6. The SMILES string of the molecule is O=C1NCCc2[nH]c(-c3ccnc(Nc4ccccc4)c3)cc21. The standard InChI is InChI=1S/C18H16N4O/c23-18-14-11-16(22-15(14)7-9-20-18)12-6-8-19-17(10-12)21-13-4-2-1-3-5-13/h1-6,8,10-11,22H,7,9H2,(H,19,21)(H,20,23). The molecule has 5 nitrogen and oxygen atoms in total. The zero-order valence-electron chi connectivity index (χ0n) is 12.5. The van der Waals surface area contributed by atoms with Crippen LogP contribution in [0.4, 0.5) is 11.5 Å². The highest BCUT2D eigenvalue weighted by atomic mass is 16.1. The summed E-state index contributed by atoms with van der Waals surface area (Å²) in [5, 5.41) is 6.14. The molecular weight excluding hydrogens is 288 g/mol. The van der Waals surface area contributed by atoms with Crippen molar-refractivity contribution in [2.45, 2.75) is 6.42 Å². The van der Waals surface area contributed by atoms with Gasteiger partial charge in [0.05, 0.1) is 5.56 Å². The molecule has 2 aromatic heterocycles. The first-order valence-electron chi connectivity index (χ1n) is 7.58. The van der Waals surface area contributed by atoms with Crippen molar-refractivity contribution < 1.29 is 4.79 Å². The average molecular weight is 304 g/mol. The molecule has 3 N–H and O–H groups in total. The number of amides is 1. The summed E-state index contributed by atoms with van der Waals surface area (Å²) in [6, 6.07) is 15.7. The van der Waals surface area contributed by atoms with E-state index in [0.717, 1.165) is 40.4 Å². The number of carbonyl (C=O) groups is 1. The summed E-state index contributed by atoms with van der Waals surface area (Å²) >= 11 is 0. The maximum Gasteiger partial charge on any atom is 0.253 e. The molecule has 0 radical (unpaired) electrons. The van der Waals surface area contributed by atoms with E-state index in [1.807, 2.05) is 48.5 Å². The fourth-order valence-corrected chi connectivity index (χ4v) is 2.78. The molecule has 23 heavy (non-hydrogen) atoms. The molecule has 0 fully saturated rings. The number of pyridine rings is 1. The Morgan fingerprint density at radius 3 is 2.78 bits per heavy atom. The Balaban J connectivity index is 1.65. The second-order valence-corrected chi connectivity index (χ2v) is 5.50. The summed E-state index contributed by atoms with van der Waals surface area (Å²) < 4.78 is 0. The van der Waals surface area contributed by atoms with Crippen LogP contribution in [-0.4, -0.2) is 22.4 Å². The van der Waals surface area contributed by atoms with Crippen LogP contribution in [0.2, 0.25) is 0 Å². The van der Waals surface area contributed by atoms with Crippen LogP contribution in [0.3, 0.4) is 0 Å². The van der Waals surface area contributed by atoms with Gasteiger partial charge in [-0.25, -0.2) is 4.98 Å². The van der Waals surface area contributed by atoms with Crippen molar-refractivity contribution in [3.05, 3.63) is 66.0 Å². The fraction of sp³-hybridized carbons (Fsp3) is 0.111. The Morgan fingerprint density at radius 2 is 1.96 bits per heavy atom. The van der Waals surface area contributed by atoms with Crippen LogP contribution >= 0.6 is 0 Å². The van der Waals surface area contributed by atoms with Gasteiger partial charge in [-0.3, -0.25) is 4.79 Å². The second-order valence-electron chi connectivity index (χ2n) is 5.50. The normalized spacial score (nSPS) is 13.3. The minimum Gasteiger partial charge on any atom is -0.358 e. The van der Waals surface area contributed by atoms with Crippen LogP contribution in [0.1, 0.15) is 16.1 Å². The van der Waals surface area contributed by atoms with E-state index in [9.17, 15) is 4.79 Å². The molecule has 3 heterocycles. The first-order valence-corrected chi connectivity index (χ1v) is 7.58. The number of rotatable bonds is 3. The van der Waals surface area contributed by atoms with Crippen molar-refractivity contribution >= 4 is 17.4 Å². The zero-order chi connectivity index (χ0) is 15.6. The van der Waals surface area contributed by atoms with Crippen LogP contribution in [0, 0.1) is 0 Å². The number of aromatic amines is 1. The van der Waals surface area contributed by atoms with Crippen molar-refractivity contribution in [3.63, 3.8) is 0 Å². The van der Waals surface area contributed by atoms with E-state index in [1.54, 1.807) is 6.20 Å². The number of aromatic nitrogens is 2. The van der Waals surface area contributed by atoms with Gasteiger partial charge in [-0.15, -0.1) is 0 Å². The number of H-pyrrole nitrogens is 1. The Bertz CT molecular complexity index is 854. The van der Waals surface area contributed by atoms with Gasteiger partial charge >= 0.3 is 0 Å². The Hall–Kier alpha value is -3.08. The van der Waals surface area contributed by atoms with E-state index >= 15 is 0 Å². The number of hydrogen-bond donors (Lipinski definition) is 3. The van der Waals surface area contributed by atoms with E-state index in [4.69, 9.17) is 0 Å². The Kier molecular flexibility index (Phi) is 3.31. The zero-order valence-corrected chi connectivity index (χ0v) is 12.5. The summed E-state index contributed by atoms with van der Waals surface area (Å²) in [5.41, 5.74) is 4.66. The summed E-state index contributed by atoms with van der Waals surface area (Å²) in [6.07, 6.45) is 2.60. The van der Waals surface area contributed by atoms with E-state index in [2.05, 4.69) is 20.6 Å². The molecule has 1 aliphatic rings. The molecule has 1 amide bonds. The van der Waals surface area contributed by atoms with Crippen molar-refractivity contribution in [1.82, 2.24) is 15.3 Å². The van der Waals surface area contributed by atoms with Gasteiger partial charge in [-0.05, 0) is 30.3 Å². The van der Waals surface area contributed by atoms with E-state index in [-0.39, 0.29) is 5.91 Å². The van der Waals surface area contributed by atoms with Gasteiger partial charge in [0.25, 0.3) is 5.91 Å². The molecule has 0 unspecified atom stereocenters. The number of benzene rings is 1. The third-order valence-corrected chi connectivity index (χ3v) is 3.92. The third-order valence-electron chi connectivity index (χ3n) is 3.92. The van der Waals surface area contributed by atoms with Crippen LogP contribution < -0.4 is 10.6 Å². The molecule has 1 aromatic carbocycles. The van der Waals surface area contributed by atoms with Gasteiger partial charge in [0.1, 0.15) is 5.82 Å². The molecule has 5 heteroatoms. The molecule has 3 aromatic rings. The van der Waals surface area contributed by atoms with Gasteiger partial charge in [0.2, 0.25) is 0 Å².